The summed E-state index contributed by atoms with van der Waals surface area (Å²) in [5.41, 5.74) is 4.22. The number of rotatable bonds is 16. The first-order valence-electron chi connectivity index (χ1n) is 26.2. The topological polar surface area (TPSA) is 254 Å². The van der Waals surface area contributed by atoms with E-state index in [1.165, 1.54) is 43.5 Å². The van der Waals surface area contributed by atoms with Crippen LogP contribution in [0.2, 0.25) is 0 Å². The van der Waals surface area contributed by atoms with E-state index in [2.05, 4.69) is 42.5 Å². The number of alkyl halides is 1. The molecule has 2 aliphatic rings. The van der Waals surface area contributed by atoms with Gasteiger partial charge in [0.15, 0.2) is 17.4 Å². The van der Waals surface area contributed by atoms with E-state index in [-0.39, 0.29) is 227 Å². The molecule has 2 heterocycles. The third-order valence-corrected chi connectivity index (χ3v) is 11.4. The number of hydrogen-bond donors (Lipinski definition) is 4. The summed E-state index contributed by atoms with van der Waals surface area (Å²) in [7, 11) is 1.24. The quantitative estimate of drug-likeness (QED) is 0.0127. The maximum atomic E-state index is 13.8. The maximum absolute atomic E-state index is 13.8. The fraction of sp³-hybridized carbons (Fsp3) is 0.318. The van der Waals surface area contributed by atoms with Crippen molar-refractivity contribution < 1.29 is 229 Å². The smallest absolute Gasteiger partial charge is 1.00 e. The van der Waals surface area contributed by atoms with E-state index in [9.17, 15) is 46.2 Å². The van der Waals surface area contributed by atoms with Crippen LogP contribution in [0, 0.1) is 29.1 Å². The number of aliphatic hydroxyl groups is 1. The zero-order valence-electron chi connectivity index (χ0n) is 55.6. The predicted molar refractivity (Wildman–Crippen MR) is 337 cm³/mol. The van der Waals surface area contributed by atoms with Gasteiger partial charge in [-0.3, -0.25) is 4.79 Å². The Balaban J connectivity index is -0.000000195. The van der Waals surface area contributed by atoms with E-state index in [0.29, 0.717) is 70.4 Å². The van der Waals surface area contributed by atoms with Crippen molar-refractivity contribution >= 4 is 59.3 Å². The van der Waals surface area contributed by atoms with Gasteiger partial charge < -0.3 is 61.8 Å². The van der Waals surface area contributed by atoms with Crippen LogP contribution in [-0.2, 0) is 49.8 Å². The number of aromatic hydroxyl groups is 2. The normalized spacial score (nSPS) is 11.3. The molecule has 5 aromatic carbocycles. The molecule has 496 valence electrons. The molecule has 17 nitrogen and oxygen atoms in total. The van der Waals surface area contributed by atoms with E-state index in [1.807, 2.05) is 41.5 Å². The molecule has 2 aliphatic heterocycles. The Morgan fingerprint density at radius 1 is 0.634 bits per heavy atom. The summed E-state index contributed by atoms with van der Waals surface area (Å²) in [6, 6.07) is 14.8. The van der Waals surface area contributed by atoms with Gasteiger partial charge in [-0.2, -0.15) is 0 Å². The predicted octanol–water partition coefficient (Wildman–Crippen LogP) is 3.41. The second-order valence-electron chi connectivity index (χ2n) is 20.9. The molecule has 27 heteroatoms. The molecule has 0 aromatic heterocycles. The van der Waals surface area contributed by atoms with Crippen molar-refractivity contribution in [2.75, 3.05) is 32.8 Å². The maximum Gasteiger partial charge on any atom is 1.00 e. The number of carbonyl (C=O) groups excluding carboxylic acids is 4. The van der Waals surface area contributed by atoms with Crippen molar-refractivity contribution in [1.82, 2.24) is 0 Å². The van der Waals surface area contributed by atoms with E-state index in [0.717, 1.165) is 41.0 Å². The van der Waals surface area contributed by atoms with Crippen molar-refractivity contribution in [3.63, 3.8) is 0 Å². The molecular formula is C66H82AlClF5K2LiO17. The van der Waals surface area contributed by atoms with Gasteiger partial charge in [0.1, 0.15) is 100.0 Å². The summed E-state index contributed by atoms with van der Waals surface area (Å²) in [6.45, 7) is 34.6. The Hall–Kier alpha value is -4.59. The second kappa shape index (κ2) is 48.2. The van der Waals surface area contributed by atoms with Gasteiger partial charge in [0, 0.05) is 41.0 Å². The van der Waals surface area contributed by atoms with Crippen LogP contribution in [0.4, 0.5) is 22.0 Å². The molecule has 0 unspecified atom stereocenters. The van der Waals surface area contributed by atoms with Gasteiger partial charge in [-0.25, -0.2) is 41.1 Å². The first-order valence-corrected chi connectivity index (χ1v) is 26.7. The molecule has 0 radical (unpaired) electrons. The van der Waals surface area contributed by atoms with Crippen LogP contribution >= 0.6 is 11.6 Å². The average Bonchev–Trinajstić information content (AvgIpc) is 1.69. The largest absolute Gasteiger partial charge is 1.00 e. The van der Waals surface area contributed by atoms with E-state index >= 15 is 0 Å². The number of phenolic OH excluding ortho intramolecular Hbond substituents is 2. The summed E-state index contributed by atoms with van der Waals surface area (Å²) in [5.74, 6) is -4.90. The number of methoxy groups -OCH3 is 1. The zero-order valence-corrected chi connectivity index (χ0v) is 60.6. The Kier molecular flexibility index (Phi) is 50.3. The SMILES string of the molecule is C.C=C(C)CCl.C=C(C)COC(=O)c1c(F)ccc(O)c1CC(=C)C.C=C(C)COC(=O)c1cc(OCC(=C)C)ccc1F.CC1(C)Cc2c(ccc(F)c2CO)O1.COC(=O)c1c(F)ccc2c1CC(C)(C)O2.O=C(O)c1cc(O)ccc1F.O=CO[O-].[AlH3].[H-].[H-].[K+].[K+].[Li+]. The minimum Gasteiger partial charge on any atom is -1.00 e. The van der Waals surface area contributed by atoms with Gasteiger partial charge in [-0.15, -0.1) is 11.6 Å². The molecular weight excluding hydrogens is 1310 g/mol. The second-order valence-corrected chi connectivity index (χ2v) is 21.2. The van der Waals surface area contributed by atoms with E-state index in [4.69, 9.17) is 60.7 Å². The molecule has 7 rings (SSSR count). The molecule has 93 heavy (non-hydrogen) atoms. The number of carboxylic acids is 1. The molecule has 0 fully saturated rings. The van der Waals surface area contributed by atoms with Gasteiger partial charge in [0.25, 0.3) is 6.47 Å². The van der Waals surface area contributed by atoms with Gasteiger partial charge in [0.2, 0.25) is 0 Å². The summed E-state index contributed by atoms with van der Waals surface area (Å²) in [4.78, 5) is 56.5. The summed E-state index contributed by atoms with van der Waals surface area (Å²) in [6.07, 6.45) is 1.36. The molecule has 0 amide bonds. The Morgan fingerprint density at radius 2 is 1.06 bits per heavy atom. The van der Waals surface area contributed by atoms with Gasteiger partial charge in [-0.05, 0) is 158 Å². The monoisotopic (exact) mass is 1390 g/mol. The Morgan fingerprint density at radius 3 is 1.51 bits per heavy atom. The molecule has 0 saturated heterocycles. The summed E-state index contributed by atoms with van der Waals surface area (Å²) in [5, 5.41) is 44.3. The molecule has 0 atom stereocenters. The van der Waals surface area contributed by atoms with Gasteiger partial charge in [0.05, 0.1) is 24.8 Å². The Labute approximate surface area is 656 Å². The van der Waals surface area contributed by atoms with Crippen molar-refractivity contribution in [1.29, 1.82) is 0 Å². The molecule has 0 saturated carbocycles. The van der Waals surface area contributed by atoms with Crippen molar-refractivity contribution in [3.8, 4) is 28.7 Å². The number of aliphatic hydroxyl groups excluding tert-OH is 1. The van der Waals surface area contributed by atoms with Crippen LogP contribution < -0.4 is 141 Å². The minimum atomic E-state index is -1.39. The number of halogens is 6. The van der Waals surface area contributed by atoms with E-state index in [1.54, 1.807) is 32.9 Å². The molecule has 4 N–H and O–H groups in total. The number of ether oxygens (including phenoxy) is 6. The fourth-order valence-electron chi connectivity index (χ4n) is 7.29. The number of fused-ring (bicyclic) bond motifs is 2. The van der Waals surface area contributed by atoms with Crippen LogP contribution in [0.5, 0.6) is 28.7 Å². The fourth-order valence-corrected chi connectivity index (χ4v) is 7.29. The minimum absolute atomic E-state index is 0. The van der Waals surface area contributed by atoms with Crippen LogP contribution in [0.1, 0.15) is 136 Å². The average molecular weight is 1390 g/mol. The van der Waals surface area contributed by atoms with Gasteiger partial charge in [-0.1, -0.05) is 51.5 Å². The number of allylic oxidation sites excluding steroid dienone is 2. The zero-order chi connectivity index (χ0) is 67.4. The van der Waals surface area contributed by atoms with Crippen molar-refractivity contribution in [3.05, 3.63) is 207 Å². The van der Waals surface area contributed by atoms with Crippen molar-refractivity contribution in [2.24, 2.45) is 0 Å². The molecule has 0 aliphatic carbocycles. The number of benzene rings is 5. The number of hydrogen-bond acceptors (Lipinski definition) is 16. The molecule has 0 spiro atoms. The van der Waals surface area contributed by atoms with Crippen molar-refractivity contribution in [2.45, 2.75) is 107 Å². The van der Waals surface area contributed by atoms with E-state index < -0.39 is 58.3 Å². The van der Waals surface area contributed by atoms with Crippen LogP contribution in [0.15, 0.2) is 134 Å². The Bertz CT molecular complexity index is 3360. The number of carbonyl (C=O) groups is 5. The first kappa shape index (κ1) is 97.1. The standard InChI is InChI=1S/2C15H17FO3.C12H13FO3.C11H13FO2.C7H5FO3.C4H7Cl.CH2O3.CH4.Al.2K.Li.5H/c1-10(2)8-18-12-5-6-14(16)13(7-12)15(17)19-9-11(3)4;1-9(2)7-11-13(17)6-5-12(16)14(11)15(18)19-8-10(3)4;1-12(2)6-7-9(16-12)5-4-8(13)10(7)11(14)15-3;1-11(2)5-7-8(6-13)9(12)3-4-10(7)14-11;8-6-2-1-4(9)3-5(6)7(10)11;1-4(2)3-5;2-1-4-3;;;;;;;;;;/h5-7H,1,3,8-9H2,2,4H3;5-6,17H,1,3,7-8H2,2,4H3;4-5H,6H2,1-3H3;3-4,13H,5-6H2,1-2H3;1-3,9H,(H,10,11);1,3H2,2H3;1,3H;1H4;;;;;;;;;/q;;;;;;;;;3*+1;;;;2*-1/p-1. The van der Waals surface area contributed by atoms with Gasteiger partial charge >= 0.3 is 146 Å². The third kappa shape index (κ3) is 35.3. The number of carboxylic acid groups (broad SMARTS) is 1. The van der Waals surface area contributed by atoms with Crippen LogP contribution in [-0.4, -0.2) is 112 Å². The summed E-state index contributed by atoms with van der Waals surface area (Å²) >= 11 is 5.24. The summed E-state index contributed by atoms with van der Waals surface area (Å²) < 4.78 is 97.7. The number of esters is 3. The first-order chi connectivity index (χ1) is 41.0. The third-order valence-electron chi connectivity index (χ3n) is 11.0. The molecule has 0 bridgehead atoms. The number of aromatic carboxylic acids is 1. The molecule has 5 aromatic rings. The number of phenols is 2. The van der Waals surface area contributed by atoms with Crippen LogP contribution in [0.3, 0.4) is 0 Å². The van der Waals surface area contributed by atoms with Crippen LogP contribution in [0.25, 0.3) is 0 Å².